The van der Waals surface area contributed by atoms with Gasteiger partial charge >= 0.3 is 6.98 Å². The van der Waals surface area contributed by atoms with E-state index in [4.69, 9.17) is 4.74 Å². The smallest absolute Gasteiger partial charge is 0.489 e. The SMILES string of the molecule is Cc1cccc(COc2ccc([B-](F)(F)F)cc2)c1. The van der Waals surface area contributed by atoms with Crippen molar-refractivity contribution in [3.05, 3.63) is 59.7 Å². The van der Waals surface area contributed by atoms with Crippen LogP contribution in [0.3, 0.4) is 0 Å². The second kappa shape index (κ2) is 5.39. The maximum Gasteiger partial charge on any atom is 0.509 e. The van der Waals surface area contributed by atoms with Crippen molar-refractivity contribution in [1.29, 1.82) is 0 Å². The number of hydrogen-bond donors (Lipinski definition) is 0. The second-order valence-corrected chi connectivity index (χ2v) is 4.42. The van der Waals surface area contributed by atoms with Crippen LogP contribution in [0.4, 0.5) is 12.9 Å². The summed E-state index contributed by atoms with van der Waals surface area (Å²) in [4.78, 5) is 0. The van der Waals surface area contributed by atoms with Crippen LogP contribution in [0, 0.1) is 6.92 Å². The van der Waals surface area contributed by atoms with E-state index in [-0.39, 0.29) is 0 Å². The molecule has 100 valence electrons. The molecule has 0 aliphatic rings. The van der Waals surface area contributed by atoms with Crippen molar-refractivity contribution >= 4 is 12.4 Å². The summed E-state index contributed by atoms with van der Waals surface area (Å²) in [6.45, 7) is -2.62. The number of rotatable bonds is 4. The van der Waals surface area contributed by atoms with Gasteiger partial charge in [0.25, 0.3) is 0 Å². The first kappa shape index (κ1) is 13.5. The monoisotopic (exact) mass is 265 g/mol. The van der Waals surface area contributed by atoms with Gasteiger partial charge in [-0.05, 0) is 24.6 Å². The van der Waals surface area contributed by atoms with Crippen molar-refractivity contribution < 1.29 is 17.7 Å². The summed E-state index contributed by atoms with van der Waals surface area (Å²) in [7, 11) is 0. The van der Waals surface area contributed by atoms with Gasteiger partial charge in [-0.3, -0.25) is 0 Å². The molecule has 0 saturated carbocycles. The van der Waals surface area contributed by atoms with E-state index in [9.17, 15) is 12.9 Å². The summed E-state index contributed by atoms with van der Waals surface area (Å²) in [6.07, 6.45) is 0. The molecule has 0 bridgehead atoms. The lowest BCUT2D eigenvalue weighted by Gasteiger charge is -2.15. The van der Waals surface area contributed by atoms with E-state index >= 15 is 0 Å². The van der Waals surface area contributed by atoms with Crippen LogP contribution in [0.2, 0.25) is 0 Å². The summed E-state index contributed by atoms with van der Waals surface area (Å²) in [6, 6.07) is 12.6. The van der Waals surface area contributed by atoms with Gasteiger partial charge in [0, 0.05) is 0 Å². The van der Waals surface area contributed by atoms with E-state index in [0.29, 0.717) is 12.4 Å². The molecule has 0 aliphatic heterocycles. The van der Waals surface area contributed by atoms with Crippen LogP contribution in [0.25, 0.3) is 0 Å². The molecule has 0 saturated heterocycles. The van der Waals surface area contributed by atoms with Crippen molar-refractivity contribution in [3.8, 4) is 5.75 Å². The third-order valence-electron chi connectivity index (χ3n) is 2.75. The molecule has 0 aliphatic carbocycles. The molecule has 0 N–H and O–H groups in total. The Kier molecular flexibility index (Phi) is 3.83. The van der Waals surface area contributed by atoms with Gasteiger partial charge in [-0.25, -0.2) is 0 Å². The molecule has 2 aromatic carbocycles. The fourth-order valence-corrected chi connectivity index (χ4v) is 1.75. The first-order valence-corrected chi connectivity index (χ1v) is 5.93. The lowest BCUT2D eigenvalue weighted by Crippen LogP contribution is -2.33. The first-order chi connectivity index (χ1) is 8.95. The van der Waals surface area contributed by atoms with Gasteiger partial charge in [-0.1, -0.05) is 42.0 Å². The summed E-state index contributed by atoms with van der Waals surface area (Å²) in [5.41, 5.74) is 1.50. The molecule has 5 heteroatoms. The standard InChI is InChI=1S/C14H13BF3O/c1-11-3-2-4-12(9-11)10-19-14-7-5-13(6-8-14)15(16,17)18/h2-9H,10H2,1H3/q-1. The fourth-order valence-electron chi connectivity index (χ4n) is 1.75. The highest BCUT2D eigenvalue weighted by Crippen LogP contribution is 2.15. The third-order valence-corrected chi connectivity index (χ3v) is 2.75. The van der Waals surface area contributed by atoms with Gasteiger partial charge in [0.2, 0.25) is 0 Å². The number of aryl methyl sites for hydroxylation is 1. The van der Waals surface area contributed by atoms with E-state index in [2.05, 4.69) is 0 Å². The minimum Gasteiger partial charge on any atom is -0.489 e. The zero-order valence-corrected chi connectivity index (χ0v) is 10.4. The zero-order valence-electron chi connectivity index (χ0n) is 10.4. The first-order valence-electron chi connectivity index (χ1n) is 5.93. The zero-order chi connectivity index (χ0) is 13.9. The summed E-state index contributed by atoms with van der Waals surface area (Å²) in [5, 5.41) is 0. The third kappa shape index (κ3) is 3.78. The molecule has 0 aromatic heterocycles. The van der Waals surface area contributed by atoms with Crippen molar-refractivity contribution in [2.45, 2.75) is 13.5 Å². The fraction of sp³-hybridized carbons (Fsp3) is 0.143. The van der Waals surface area contributed by atoms with E-state index in [1.165, 1.54) is 12.1 Å². The van der Waals surface area contributed by atoms with Crippen LogP contribution in [0.1, 0.15) is 11.1 Å². The van der Waals surface area contributed by atoms with Gasteiger partial charge in [0.15, 0.2) is 0 Å². The minimum atomic E-state index is -4.94. The largest absolute Gasteiger partial charge is 0.509 e. The average Bonchev–Trinajstić information content (AvgIpc) is 2.36. The van der Waals surface area contributed by atoms with Crippen molar-refractivity contribution in [1.82, 2.24) is 0 Å². The van der Waals surface area contributed by atoms with Gasteiger partial charge in [0.05, 0.1) is 0 Å². The number of benzene rings is 2. The molecule has 1 nitrogen and oxygen atoms in total. The molecule has 0 atom stereocenters. The van der Waals surface area contributed by atoms with Crippen LogP contribution in [-0.2, 0) is 6.61 Å². The van der Waals surface area contributed by atoms with E-state index in [1.807, 2.05) is 31.2 Å². The number of ether oxygens (including phenoxy) is 1. The van der Waals surface area contributed by atoms with Gasteiger partial charge in [-0.2, -0.15) is 0 Å². The minimum absolute atomic E-state index is 0.345. The Balaban J connectivity index is 2.01. The topological polar surface area (TPSA) is 9.23 Å². The predicted octanol–water partition coefficient (Wildman–Crippen LogP) is 3.63. The van der Waals surface area contributed by atoms with Crippen molar-refractivity contribution in [3.63, 3.8) is 0 Å². The van der Waals surface area contributed by atoms with E-state index in [1.54, 1.807) is 0 Å². The molecule has 2 aromatic rings. The highest BCUT2D eigenvalue weighted by Gasteiger charge is 2.24. The van der Waals surface area contributed by atoms with Gasteiger partial charge in [0.1, 0.15) is 12.4 Å². The van der Waals surface area contributed by atoms with Crippen molar-refractivity contribution in [2.75, 3.05) is 0 Å². The molecule has 19 heavy (non-hydrogen) atoms. The summed E-state index contributed by atoms with van der Waals surface area (Å²) < 4.78 is 42.8. The number of hydrogen-bond acceptors (Lipinski definition) is 1. The maximum absolute atomic E-state index is 12.4. The van der Waals surface area contributed by atoms with E-state index < -0.39 is 12.4 Å². The molecule has 0 fully saturated rings. The maximum atomic E-state index is 12.4. The molecule has 0 heterocycles. The average molecular weight is 265 g/mol. The summed E-state index contributed by atoms with van der Waals surface area (Å²) >= 11 is 0. The molecule has 0 amide bonds. The molecular formula is C14H13BF3O-. The Morgan fingerprint density at radius 2 is 1.68 bits per heavy atom. The molecular weight excluding hydrogens is 252 g/mol. The Bertz CT molecular complexity index is 549. The highest BCUT2D eigenvalue weighted by molar-refractivity contribution is 6.73. The quantitative estimate of drug-likeness (QED) is 0.767. The van der Waals surface area contributed by atoms with Crippen LogP contribution in [0.5, 0.6) is 5.75 Å². The van der Waals surface area contributed by atoms with Gasteiger partial charge in [-0.15, -0.1) is 5.46 Å². The Morgan fingerprint density at radius 3 is 2.26 bits per heavy atom. The molecule has 0 radical (unpaired) electrons. The van der Waals surface area contributed by atoms with Crippen LogP contribution < -0.4 is 10.2 Å². The van der Waals surface area contributed by atoms with Crippen LogP contribution >= 0.6 is 0 Å². The highest BCUT2D eigenvalue weighted by atomic mass is 19.4. The lowest BCUT2D eigenvalue weighted by molar-refractivity contribution is 0.306. The predicted molar refractivity (Wildman–Crippen MR) is 70.7 cm³/mol. The lowest BCUT2D eigenvalue weighted by atomic mass is 9.80. The Labute approximate surface area is 110 Å². The normalized spacial score (nSPS) is 11.4. The molecule has 0 spiro atoms. The van der Waals surface area contributed by atoms with Crippen LogP contribution in [0.15, 0.2) is 48.5 Å². The molecule has 2 rings (SSSR count). The Morgan fingerprint density at radius 1 is 1.00 bits per heavy atom. The molecule has 0 unspecified atom stereocenters. The van der Waals surface area contributed by atoms with Crippen LogP contribution in [-0.4, -0.2) is 6.98 Å². The second-order valence-electron chi connectivity index (χ2n) is 4.42. The van der Waals surface area contributed by atoms with E-state index in [0.717, 1.165) is 23.3 Å². The number of halogens is 3. The summed E-state index contributed by atoms with van der Waals surface area (Å²) in [5.74, 6) is 0.435. The van der Waals surface area contributed by atoms with Crippen molar-refractivity contribution in [2.24, 2.45) is 0 Å². The van der Waals surface area contributed by atoms with Gasteiger partial charge < -0.3 is 17.7 Å². The Hall–Kier alpha value is -1.91.